The molecule has 0 radical (unpaired) electrons. The van der Waals surface area contributed by atoms with Gasteiger partial charge in [0.25, 0.3) is 0 Å². The Hall–Kier alpha value is -1.27. The number of thioether (sulfide) groups is 1. The molecule has 0 fully saturated rings. The molecule has 0 amide bonds. The van der Waals surface area contributed by atoms with Gasteiger partial charge in [-0.2, -0.15) is 0 Å². The predicted molar refractivity (Wildman–Crippen MR) is 78.1 cm³/mol. The number of thiazole rings is 1. The van der Waals surface area contributed by atoms with Crippen molar-refractivity contribution >= 4 is 39.3 Å². The van der Waals surface area contributed by atoms with Gasteiger partial charge in [0, 0.05) is 6.07 Å². The van der Waals surface area contributed by atoms with Crippen LogP contribution in [0.3, 0.4) is 0 Å². The smallest absolute Gasteiger partial charge is 0.319 e. The minimum absolute atomic E-state index is 0.204. The zero-order chi connectivity index (χ0) is 13.8. The summed E-state index contributed by atoms with van der Waals surface area (Å²) >= 11 is 2.99. The van der Waals surface area contributed by atoms with Gasteiger partial charge in [-0.25, -0.2) is 4.98 Å². The molecule has 1 aromatic carbocycles. The Bertz CT molecular complexity index is 582. The summed E-state index contributed by atoms with van der Waals surface area (Å²) in [4.78, 5) is 16.1. The number of benzene rings is 1. The maximum atomic E-state index is 11.6. The minimum Gasteiger partial charge on any atom is -0.497 e. The van der Waals surface area contributed by atoms with Crippen molar-refractivity contribution in [1.82, 2.24) is 4.98 Å². The van der Waals surface area contributed by atoms with Gasteiger partial charge in [0.15, 0.2) is 4.34 Å². The fraction of sp³-hybridized carbons (Fsp3) is 0.385. The van der Waals surface area contributed by atoms with Gasteiger partial charge in [0.05, 0.1) is 23.9 Å². The number of hydrogen-bond donors (Lipinski definition) is 0. The molecule has 0 spiro atoms. The van der Waals surface area contributed by atoms with Crippen molar-refractivity contribution < 1.29 is 14.3 Å². The molecule has 1 aromatic heterocycles. The van der Waals surface area contributed by atoms with E-state index < -0.39 is 0 Å². The summed E-state index contributed by atoms with van der Waals surface area (Å²) in [5.41, 5.74) is 0.892. The van der Waals surface area contributed by atoms with Crippen molar-refractivity contribution in [1.29, 1.82) is 0 Å². The zero-order valence-corrected chi connectivity index (χ0v) is 12.6. The molecule has 2 rings (SSSR count). The summed E-state index contributed by atoms with van der Waals surface area (Å²) < 4.78 is 12.1. The van der Waals surface area contributed by atoms with Crippen molar-refractivity contribution in [2.75, 3.05) is 13.7 Å². The fourth-order valence-corrected chi connectivity index (χ4v) is 3.71. The van der Waals surface area contributed by atoms with Crippen LogP contribution in [0.25, 0.3) is 10.2 Å². The first kappa shape index (κ1) is 14.1. The molecular weight excluding hydrogens is 282 g/mol. The average Bonchev–Trinajstić information content (AvgIpc) is 2.79. The highest BCUT2D eigenvalue weighted by atomic mass is 32.2. The molecule has 1 atom stereocenters. The van der Waals surface area contributed by atoms with E-state index in [-0.39, 0.29) is 11.2 Å². The third-order valence-electron chi connectivity index (χ3n) is 2.47. The van der Waals surface area contributed by atoms with Crippen molar-refractivity contribution in [2.45, 2.75) is 23.4 Å². The maximum Gasteiger partial charge on any atom is 0.319 e. The quantitative estimate of drug-likeness (QED) is 0.625. The minimum atomic E-state index is -0.248. The molecule has 4 nitrogen and oxygen atoms in total. The predicted octanol–water partition coefficient (Wildman–Crippen LogP) is 3.35. The molecule has 6 heteroatoms. The van der Waals surface area contributed by atoms with E-state index in [4.69, 9.17) is 9.47 Å². The monoisotopic (exact) mass is 297 g/mol. The Morgan fingerprint density at radius 3 is 3.00 bits per heavy atom. The lowest BCUT2D eigenvalue weighted by molar-refractivity contribution is -0.142. The number of fused-ring (bicyclic) bond motifs is 1. The van der Waals surface area contributed by atoms with E-state index in [1.54, 1.807) is 25.4 Å². The summed E-state index contributed by atoms with van der Waals surface area (Å²) in [6.45, 7) is 4.04. The number of hydrogen-bond acceptors (Lipinski definition) is 6. The van der Waals surface area contributed by atoms with E-state index in [1.807, 2.05) is 25.1 Å². The SMILES string of the molecule is CCOC(=O)[C@H](C)Sc1nc2cc(OC)ccc2s1. The van der Waals surface area contributed by atoms with Crippen LogP contribution in [-0.2, 0) is 9.53 Å². The summed E-state index contributed by atoms with van der Waals surface area (Å²) in [6, 6.07) is 5.78. The highest BCUT2D eigenvalue weighted by Crippen LogP contribution is 2.33. The first-order chi connectivity index (χ1) is 9.13. The van der Waals surface area contributed by atoms with Gasteiger partial charge < -0.3 is 9.47 Å². The molecule has 102 valence electrons. The van der Waals surface area contributed by atoms with Crippen molar-refractivity contribution in [3.05, 3.63) is 18.2 Å². The van der Waals surface area contributed by atoms with E-state index in [9.17, 15) is 4.79 Å². The molecule has 0 saturated heterocycles. The molecule has 0 saturated carbocycles. The molecule has 0 unspecified atom stereocenters. The van der Waals surface area contributed by atoms with Gasteiger partial charge in [-0.1, -0.05) is 11.8 Å². The molecule has 0 aliphatic rings. The van der Waals surface area contributed by atoms with E-state index in [0.717, 1.165) is 20.3 Å². The number of carbonyl (C=O) groups is 1. The van der Waals surface area contributed by atoms with Crippen LogP contribution in [0.5, 0.6) is 5.75 Å². The number of carbonyl (C=O) groups excluding carboxylic acids is 1. The van der Waals surface area contributed by atoms with Gasteiger partial charge in [-0.15, -0.1) is 11.3 Å². The van der Waals surface area contributed by atoms with Crippen LogP contribution >= 0.6 is 23.1 Å². The Labute approximate surface area is 120 Å². The van der Waals surface area contributed by atoms with Crippen LogP contribution in [0.2, 0.25) is 0 Å². The fourth-order valence-electron chi connectivity index (χ4n) is 1.52. The van der Waals surface area contributed by atoms with E-state index in [1.165, 1.54) is 11.8 Å². The number of esters is 1. The van der Waals surface area contributed by atoms with Gasteiger partial charge in [0.2, 0.25) is 0 Å². The van der Waals surface area contributed by atoms with Crippen molar-refractivity contribution in [2.24, 2.45) is 0 Å². The number of aromatic nitrogens is 1. The van der Waals surface area contributed by atoms with Crippen LogP contribution in [0.4, 0.5) is 0 Å². The molecular formula is C13H15NO3S2. The van der Waals surface area contributed by atoms with Crippen LogP contribution in [-0.4, -0.2) is 29.9 Å². The number of ether oxygens (including phenoxy) is 2. The van der Waals surface area contributed by atoms with E-state index in [0.29, 0.717) is 6.61 Å². The van der Waals surface area contributed by atoms with Crippen LogP contribution in [0.1, 0.15) is 13.8 Å². The van der Waals surface area contributed by atoms with E-state index in [2.05, 4.69) is 4.98 Å². The summed E-state index contributed by atoms with van der Waals surface area (Å²) in [5.74, 6) is 0.581. The summed E-state index contributed by atoms with van der Waals surface area (Å²) in [6.07, 6.45) is 0. The average molecular weight is 297 g/mol. The molecule has 0 aliphatic carbocycles. The van der Waals surface area contributed by atoms with Crippen LogP contribution < -0.4 is 4.74 Å². The first-order valence-corrected chi connectivity index (χ1v) is 7.61. The van der Waals surface area contributed by atoms with Crippen LogP contribution in [0.15, 0.2) is 22.5 Å². The van der Waals surface area contributed by atoms with Crippen LogP contribution in [0, 0.1) is 0 Å². The highest BCUT2D eigenvalue weighted by molar-refractivity contribution is 8.02. The Morgan fingerprint density at radius 2 is 2.32 bits per heavy atom. The number of rotatable bonds is 5. The number of methoxy groups -OCH3 is 1. The lowest BCUT2D eigenvalue weighted by atomic mass is 10.3. The van der Waals surface area contributed by atoms with Gasteiger partial charge >= 0.3 is 5.97 Å². The highest BCUT2D eigenvalue weighted by Gasteiger charge is 2.17. The lowest BCUT2D eigenvalue weighted by Gasteiger charge is -2.07. The Balaban J connectivity index is 2.15. The maximum absolute atomic E-state index is 11.6. The molecule has 0 aliphatic heterocycles. The largest absolute Gasteiger partial charge is 0.497 e. The first-order valence-electron chi connectivity index (χ1n) is 5.92. The molecule has 2 aromatic rings. The van der Waals surface area contributed by atoms with Gasteiger partial charge in [-0.3, -0.25) is 4.79 Å². The Morgan fingerprint density at radius 1 is 1.53 bits per heavy atom. The zero-order valence-electron chi connectivity index (χ0n) is 11.0. The topological polar surface area (TPSA) is 48.4 Å². The van der Waals surface area contributed by atoms with Gasteiger partial charge in [-0.05, 0) is 26.0 Å². The second kappa shape index (κ2) is 6.25. The third-order valence-corrected chi connectivity index (χ3v) is 4.68. The van der Waals surface area contributed by atoms with Gasteiger partial charge in [0.1, 0.15) is 11.0 Å². The second-order valence-electron chi connectivity index (χ2n) is 3.83. The standard InChI is InChI=1S/C13H15NO3S2/c1-4-17-12(15)8(2)18-13-14-10-7-9(16-3)5-6-11(10)19-13/h5-8H,4H2,1-3H3/t8-/m0/s1. The third kappa shape index (κ3) is 3.39. The lowest BCUT2D eigenvalue weighted by Crippen LogP contribution is -2.16. The molecule has 0 N–H and O–H groups in total. The summed E-state index contributed by atoms with van der Waals surface area (Å²) in [5, 5.41) is -0.248. The molecule has 0 bridgehead atoms. The molecule has 1 heterocycles. The second-order valence-corrected chi connectivity index (χ2v) is 6.44. The van der Waals surface area contributed by atoms with Crippen molar-refractivity contribution in [3.8, 4) is 5.75 Å². The van der Waals surface area contributed by atoms with E-state index >= 15 is 0 Å². The molecule has 19 heavy (non-hydrogen) atoms. The van der Waals surface area contributed by atoms with Crippen molar-refractivity contribution in [3.63, 3.8) is 0 Å². The number of nitrogens with zero attached hydrogens (tertiary/aromatic N) is 1. The normalized spacial score (nSPS) is 12.4. The Kier molecular flexibility index (Phi) is 4.66. The summed E-state index contributed by atoms with van der Waals surface area (Å²) in [7, 11) is 1.63.